The van der Waals surface area contributed by atoms with Gasteiger partial charge in [-0.1, -0.05) is 23.2 Å². The Morgan fingerprint density at radius 1 is 1.28 bits per heavy atom. The van der Waals surface area contributed by atoms with E-state index in [1.165, 1.54) is 11.9 Å². The van der Waals surface area contributed by atoms with Gasteiger partial charge in [0.1, 0.15) is 4.21 Å². The summed E-state index contributed by atoms with van der Waals surface area (Å²) in [6, 6.07) is 3.75. The molecule has 0 saturated carbocycles. The van der Waals surface area contributed by atoms with Crippen molar-refractivity contribution < 1.29 is 0 Å². The first kappa shape index (κ1) is 12.2. The second-order valence-corrected chi connectivity index (χ2v) is 6.31. The van der Waals surface area contributed by atoms with E-state index in [1.807, 2.05) is 18.3 Å². The predicted octanol–water partition coefficient (Wildman–Crippen LogP) is 5.05. The second kappa shape index (κ2) is 5.01. The van der Waals surface area contributed by atoms with Gasteiger partial charge in [0.2, 0.25) is 0 Å². The highest BCUT2D eigenvalue weighted by Gasteiger charge is 2.10. The van der Waals surface area contributed by atoms with Gasteiger partial charge >= 0.3 is 0 Å². The average molecular weight is 316 g/mol. The molecular formula is C11H7Cl2N3S2. The average Bonchev–Trinajstić information content (AvgIpc) is 2.99. The summed E-state index contributed by atoms with van der Waals surface area (Å²) in [6.07, 6.45) is 3.55. The van der Waals surface area contributed by atoms with E-state index in [0.29, 0.717) is 10.0 Å². The summed E-state index contributed by atoms with van der Waals surface area (Å²) in [5, 5.41) is 2.11. The van der Waals surface area contributed by atoms with E-state index in [9.17, 15) is 0 Å². The first-order valence-electron chi connectivity index (χ1n) is 5.02. The topological polar surface area (TPSA) is 40.7 Å². The fourth-order valence-corrected chi connectivity index (χ4v) is 3.46. The molecule has 3 nitrogen and oxygen atoms in total. The summed E-state index contributed by atoms with van der Waals surface area (Å²) >= 11 is 15.3. The van der Waals surface area contributed by atoms with Crippen LogP contribution in [0.2, 0.25) is 10.0 Å². The Morgan fingerprint density at radius 2 is 2.17 bits per heavy atom. The molecule has 0 bridgehead atoms. The molecule has 18 heavy (non-hydrogen) atoms. The molecule has 0 fully saturated rings. The van der Waals surface area contributed by atoms with Crippen molar-refractivity contribution in [3.63, 3.8) is 0 Å². The number of halogens is 2. The van der Waals surface area contributed by atoms with E-state index in [0.717, 1.165) is 20.8 Å². The molecule has 3 aromatic rings. The maximum atomic E-state index is 6.13. The lowest BCUT2D eigenvalue weighted by molar-refractivity contribution is 1.38. The number of rotatable bonds is 3. The Labute approximate surface area is 122 Å². The molecule has 2 heterocycles. The third-order valence-electron chi connectivity index (χ3n) is 2.41. The highest BCUT2D eigenvalue weighted by Crippen LogP contribution is 2.36. The Balaban J connectivity index is 1.95. The van der Waals surface area contributed by atoms with Crippen LogP contribution in [0.1, 0.15) is 0 Å². The number of nitrogens with one attached hydrogen (secondary N) is 2. The molecule has 0 saturated heterocycles. The van der Waals surface area contributed by atoms with Gasteiger partial charge in [0.15, 0.2) is 0 Å². The molecule has 0 aliphatic rings. The lowest BCUT2D eigenvalue weighted by Crippen LogP contribution is -1.87. The van der Waals surface area contributed by atoms with E-state index < -0.39 is 0 Å². The van der Waals surface area contributed by atoms with Gasteiger partial charge in [-0.3, -0.25) is 4.98 Å². The van der Waals surface area contributed by atoms with Crippen molar-refractivity contribution in [3.05, 3.63) is 40.1 Å². The highest BCUT2D eigenvalue weighted by molar-refractivity contribution is 8.02. The summed E-state index contributed by atoms with van der Waals surface area (Å²) in [5.74, 6) is 0. The van der Waals surface area contributed by atoms with E-state index in [1.54, 1.807) is 23.0 Å². The molecule has 2 N–H and O–H groups in total. The summed E-state index contributed by atoms with van der Waals surface area (Å²) < 4.78 is 4.36. The minimum absolute atomic E-state index is 0.626. The van der Waals surface area contributed by atoms with Gasteiger partial charge in [0.25, 0.3) is 0 Å². The molecule has 0 spiro atoms. The number of fused-ring (bicyclic) bond motifs is 1. The second-order valence-electron chi connectivity index (χ2n) is 3.51. The third kappa shape index (κ3) is 2.19. The van der Waals surface area contributed by atoms with Crippen molar-refractivity contribution in [2.45, 2.75) is 4.21 Å². The van der Waals surface area contributed by atoms with Gasteiger partial charge in [-0.05, 0) is 24.1 Å². The molecule has 1 aromatic carbocycles. The summed E-state index contributed by atoms with van der Waals surface area (Å²) in [5.41, 5.74) is 3.65. The Bertz CT molecular complexity index is 679. The van der Waals surface area contributed by atoms with Crippen molar-refractivity contribution in [3.8, 4) is 0 Å². The van der Waals surface area contributed by atoms with E-state index in [2.05, 4.69) is 14.7 Å². The number of aromatic amines is 1. The SMILES string of the molecule is Clc1ccc(NSc2cncs2)c2[nH]cc(Cl)c12. The van der Waals surface area contributed by atoms with Crippen molar-refractivity contribution in [1.29, 1.82) is 0 Å². The Kier molecular flexibility index (Phi) is 3.39. The van der Waals surface area contributed by atoms with E-state index in [4.69, 9.17) is 23.2 Å². The number of aromatic nitrogens is 2. The molecular weight excluding hydrogens is 309 g/mol. The molecule has 7 heteroatoms. The first-order valence-corrected chi connectivity index (χ1v) is 7.47. The van der Waals surface area contributed by atoms with Crippen LogP contribution >= 0.6 is 46.5 Å². The van der Waals surface area contributed by atoms with Crippen LogP contribution < -0.4 is 4.72 Å². The third-order valence-corrected chi connectivity index (χ3v) is 4.75. The monoisotopic (exact) mass is 315 g/mol. The number of anilines is 1. The van der Waals surface area contributed by atoms with Gasteiger partial charge in [0.05, 0.1) is 33.0 Å². The van der Waals surface area contributed by atoms with E-state index >= 15 is 0 Å². The zero-order valence-corrected chi connectivity index (χ0v) is 12.1. The largest absolute Gasteiger partial charge is 0.358 e. The van der Waals surface area contributed by atoms with Crippen molar-refractivity contribution in [2.24, 2.45) is 0 Å². The van der Waals surface area contributed by atoms with Crippen molar-refractivity contribution >= 4 is 63.1 Å². The smallest absolute Gasteiger partial charge is 0.101 e. The maximum Gasteiger partial charge on any atom is 0.101 e. The maximum absolute atomic E-state index is 6.13. The highest BCUT2D eigenvalue weighted by atomic mass is 35.5. The van der Waals surface area contributed by atoms with Crippen LogP contribution in [-0.2, 0) is 0 Å². The normalized spacial score (nSPS) is 11.0. The van der Waals surface area contributed by atoms with Crippen LogP contribution in [0.5, 0.6) is 0 Å². The fourth-order valence-electron chi connectivity index (χ4n) is 1.61. The zero-order valence-electron chi connectivity index (χ0n) is 8.91. The first-order chi connectivity index (χ1) is 8.75. The summed E-state index contributed by atoms with van der Waals surface area (Å²) in [6.45, 7) is 0. The van der Waals surface area contributed by atoms with E-state index in [-0.39, 0.29) is 0 Å². The Morgan fingerprint density at radius 3 is 2.94 bits per heavy atom. The summed E-state index contributed by atoms with van der Waals surface area (Å²) in [7, 11) is 0. The zero-order chi connectivity index (χ0) is 12.5. The van der Waals surface area contributed by atoms with Crippen LogP contribution in [-0.4, -0.2) is 9.97 Å². The van der Waals surface area contributed by atoms with Crippen molar-refractivity contribution in [1.82, 2.24) is 9.97 Å². The lowest BCUT2D eigenvalue weighted by atomic mass is 10.2. The molecule has 2 aromatic heterocycles. The molecule has 0 atom stereocenters. The van der Waals surface area contributed by atoms with Gasteiger partial charge in [0, 0.05) is 11.6 Å². The number of thiazole rings is 1. The van der Waals surface area contributed by atoms with Gasteiger partial charge in [-0.25, -0.2) is 0 Å². The number of H-pyrrole nitrogens is 1. The van der Waals surface area contributed by atoms with Crippen LogP contribution in [0, 0.1) is 0 Å². The number of hydrogen-bond donors (Lipinski definition) is 2. The lowest BCUT2D eigenvalue weighted by Gasteiger charge is -2.06. The molecule has 0 aliphatic heterocycles. The van der Waals surface area contributed by atoms with Gasteiger partial charge in [-0.15, -0.1) is 11.3 Å². The van der Waals surface area contributed by atoms with Crippen LogP contribution in [0.4, 0.5) is 5.69 Å². The number of benzene rings is 1. The molecule has 92 valence electrons. The quantitative estimate of drug-likeness (QED) is 0.664. The molecule has 0 radical (unpaired) electrons. The van der Waals surface area contributed by atoms with Crippen LogP contribution in [0.15, 0.2) is 34.2 Å². The minimum atomic E-state index is 0.626. The minimum Gasteiger partial charge on any atom is -0.358 e. The Hall–Kier alpha value is -0.880. The molecule has 3 rings (SSSR count). The molecule has 0 unspecified atom stereocenters. The number of hydrogen-bond acceptors (Lipinski definition) is 4. The summed E-state index contributed by atoms with van der Waals surface area (Å²) in [4.78, 5) is 7.15. The van der Waals surface area contributed by atoms with Crippen LogP contribution in [0.25, 0.3) is 10.9 Å². The fraction of sp³-hybridized carbons (Fsp3) is 0. The van der Waals surface area contributed by atoms with Crippen molar-refractivity contribution in [2.75, 3.05) is 4.72 Å². The molecule has 0 amide bonds. The number of nitrogens with zero attached hydrogens (tertiary/aromatic N) is 1. The van der Waals surface area contributed by atoms with Crippen LogP contribution in [0.3, 0.4) is 0 Å². The van der Waals surface area contributed by atoms with Gasteiger partial charge in [-0.2, -0.15) is 0 Å². The predicted molar refractivity (Wildman–Crippen MR) is 79.9 cm³/mol. The molecule has 0 aliphatic carbocycles. The van der Waals surface area contributed by atoms with Gasteiger partial charge < -0.3 is 9.71 Å². The standard InChI is InChI=1S/C11H7Cl2N3S2/c12-6-1-2-8(11-10(6)7(13)3-15-11)16-18-9-4-14-5-17-9/h1-5,15-16H.